The standard InChI is InChI=1S/C31H33N3O4/c1-37-26-18-24-25(19-27(26)38-2)30(35)34-13-12-22-10-6-7-11-23(22)29(34)28(24)31(36)33-16-14-32(15-17-33)20-21-8-4-3-5-9-21/h3-11,18-19,28-29H,12-17,20H2,1-2H3/t28-,29+/m0/s1. The molecule has 0 aromatic heterocycles. The number of benzene rings is 3. The van der Waals surface area contributed by atoms with Gasteiger partial charge in [-0.2, -0.15) is 0 Å². The normalized spacial score (nSPS) is 20.8. The molecular formula is C31H33N3O4. The summed E-state index contributed by atoms with van der Waals surface area (Å²) in [6.45, 7) is 4.42. The second-order valence-electron chi connectivity index (χ2n) is 10.3. The van der Waals surface area contributed by atoms with E-state index in [-0.39, 0.29) is 17.9 Å². The zero-order chi connectivity index (χ0) is 26.2. The first kappa shape index (κ1) is 24.5. The Morgan fingerprint density at radius 2 is 1.53 bits per heavy atom. The lowest BCUT2D eigenvalue weighted by molar-refractivity contribution is -0.136. The summed E-state index contributed by atoms with van der Waals surface area (Å²) < 4.78 is 11.1. The van der Waals surface area contributed by atoms with E-state index in [1.54, 1.807) is 20.3 Å². The van der Waals surface area contributed by atoms with Crippen molar-refractivity contribution in [2.24, 2.45) is 0 Å². The second kappa shape index (κ2) is 10.1. The van der Waals surface area contributed by atoms with E-state index in [0.29, 0.717) is 36.7 Å². The molecule has 0 spiro atoms. The van der Waals surface area contributed by atoms with E-state index in [1.165, 1.54) is 11.1 Å². The van der Waals surface area contributed by atoms with Gasteiger partial charge in [-0.15, -0.1) is 0 Å². The molecule has 3 aliphatic rings. The number of fused-ring (bicyclic) bond motifs is 4. The number of ether oxygens (including phenoxy) is 2. The minimum absolute atomic E-state index is 0.0582. The number of hydrogen-bond acceptors (Lipinski definition) is 5. The monoisotopic (exact) mass is 511 g/mol. The van der Waals surface area contributed by atoms with Gasteiger partial charge in [0.1, 0.15) is 0 Å². The molecule has 0 saturated carbocycles. The van der Waals surface area contributed by atoms with Crippen LogP contribution in [-0.4, -0.2) is 73.5 Å². The first-order valence-corrected chi connectivity index (χ1v) is 13.3. The topological polar surface area (TPSA) is 62.3 Å². The number of rotatable bonds is 5. The molecule has 0 aliphatic carbocycles. The van der Waals surface area contributed by atoms with Crippen LogP contribution in [0.15, 0.2) is 66.7 Å². The van der Waals surface area contributed by atoms with Gasteiger partial charge < -0.3 is 19.3 Å². The highest BCUT2D eigenvalue weighted by Crippen LogP contribution is 2.49. The van der Waals surface area contributed by atoms with Crippen LogP contribution in [0, 0.1) is 0 Å². The van der Waals surface area contributed by atoms with Gasteiger partial charge in [-0.1, -0.05) is 54.6 Å². The third-order valence-electron chi connectivity index (χ3n) is 8.23. The van der Waals surface area contributed by atoms with E-state index >= 15 is 0 Å². The molecule has 3 aliphatic heterocycles. The molecule has 2 amide bonds. The molecule has 6 rings (SSSR count). The van der Waals surface area contributed by atoms with Crippen LogP contribution in [0.5, 0.6) is 11.5 Å². The predicted molar refractivity (Wildman–Crippen MR) is 145 cm³/mol. The Labute approximate surface area is 223 Å². The molecule has 7 nitrogen and oxygen atoms in total. The highest BCUT2D eigenvalue weighted by molar-refractivity contribution is 6.02. The number of carbonyl (C=O) groups is 2. The van der Waals surface area contributed by atoms with Crippen molar-refractivity contribution in [3.8, 4) is 11.5 Å². The summed E-state index contributed by atoms with van der Waals surface area (Å²) in [5, 5.41) is 0. The first-order chi connectivity index (χ1) is 18.6. The van der Waals surface area contributed by atoms with Crippen molar-refractivity contribution >= 4 is 11.8 Å². The summed E-state index contributed by atoms with van der Waals surface area (Å²) >= 11 is 0. The fourth-order valence-electron chi connectivity index (χ4n) is 6.28. The molecule has 1 saturated heterocycles. The van der Waals surface area contributed by atoms with Gasteiger partial charge in [0, 0.05) is 44.8 Å². The van der Waals surface area contributed by atoms with Crippen molar-refractivity contribution in [1.29, 1.82) is 0 Å². The number of carbonyl (C=O) groups excluding carboxylic acids is 2. The first-order valence-electron chi connectivity index (χ1n) is 13.3. The van der Waals surface area contributed by atoms with Gasteiger partial charge >= 0.3 is 0 Å². The van der Waals surface area contributed by atoms with Gasteiger partial charge in [0.2, 0.25) is 5.91 Å². The summed E-state index contributed by atoms with van der Waals surface area (Å²) in [7, 11) is 3.15. The minimum atomic E-state index is -0.510. The highest BCUT2D eigenvalue weighted by Gasteiger charge is 2.48. The largest absolute Gasteiger partial charge is 0.493 e. The van der Waals surface area contributed by atoms with Crippen LogP contribution in [0.1, 0.15) is 44.6 Å². The molecule has 0 bridgehead atoms. The maximum Gasteiger partial charge on any atom is 0.254 e. The summed E-state index contributed by atoms with van der Waals surface area (Å²) in [6, 6.07) is 21.9. The van der Waals surface area contributed by atoms with Crippen LogP contribution in [0.4, 0.5) is 0 Å². The van der Waals surface area contributed by atoms with Crippen molar-refractivity contribution in [3.63, 3.8) is 0 Å². The van der Waals surface area contributed by atoms with E-state index in [9.17, 15) is 9.59 Å². The maximum absolute atomic E-state index is 14.4. The summed E-state index contributed by atoms with van der Waals surface area (Å²) in [4.78, 5) is 34.5. The fraction of sp³-hybridized carbons (Fsp3) is 0.355. The van der Waals surface area contributed by atoms with Crippen LogP contribution in [0.3, 0.4) is 0 Å². The molecule has 0 unspecified atom stereocenters. The van der Waals surface area contributed by atoms with Crippen molar-refractivity contribution < 1.29 is 19.1 Å². The number of methoxy groups -OCH3 is 2. The lowest BCUT2D eigenvalue weighted by Crippen LogP contribution is -2.54. The van der Waals surface area contributed by atoms with Gasteiger partial charge in [-0.25, -0.2) is 0 Å². The lowest BCUT2D eigenvalue weighted by atomic mass is 9.75. The molecule has 3 heterocycles. The van der Waals surface area contributed by atoms with E-state index in [1.807, 2.05) is 34.1 Å². The van der Waals surface area contributed by atoms with Gasteiger partial charge in [0.25, 0.3) is 5.91 Å². The van der Waals surface area contributed by atoms with Crippen LogP contribution in [-0.2, 0) is 17.8 Å². The van der Waals surface area contributed by atoms with Crippen LogP contribution in [0.2, 0.25) is 0 Å². The van der Waals surface area contributed by atoms with Crippen molar-refractivity contribution in [1.82, 2.24) is 14.7 Å². The summed E-state index contributed by atoms with van der Waals surface area (Å²) in [5.41, 5.74) is 4.80. The zero-order valence-corrected chi connectivity index (χ0v) is 21.9. The average molecular weight is 512 g/mol. The smallest absolute Gasteiger partial charge is 0.254 e. The maximum atomic E-state index is 14.4. The van der Waals surface area contributed by atoms with Crippen molar-refractivity contribution in [2.75, 3.05) is 46.9 Å². The average Bonchev–Trinajstić information content (AvgIpc) is 2.97. The number of nitrogens with zero attached hydrogens (tertiary/aromatic N) is 3. The van der Waals surface area contributed by atoms with Gasteiger partial charge in [0.05, 0.1) is 26.2 Å². The van der Waals surface area contributed by atoms with Crippen molar-refractivity contribution in [2.45, 2.75) is 24.9 Å². The molecule has 196 valence electrons. The Balaban J connectivity index is 1.35. The molecule has 3 aromatic carbocycles. The predicted octanol–water partition coefficient (Wildman–Crippen LogP) is 3.89. The van der Waals surface area contributed by atoms with Gasteiger partial charge in [0.15, 0.2) is 11.5 Å². The Bertz CT molecular complexity index is 1350. The Kier molecular flexibility index (Phi) is 6.54. The Hall–Kier alpha value is -3.84. The van der Waals surface area contributed by atoms with E-state index in [0.717, 1.165) is 37.2 Å². The molecule has 0 radical (unpaired) electrons. The quantitative estimate of drug-likeness (QED) is 0.520. The molecular weight excluding hydrogens is 478 g/mol. The molecule has 0 N–H and O–H groups in total. The third kappa shape index (κ3) is 4.21. The van der Waals surface area contributed by atoms with Crippen LogP contribution < -0.4 is 9.47 Å². The molecule has 1 fully saturated rings. The number of piperazine rings is 1. The molecule has 3 aromatic rings. The lowest BCUT2D eigenvalue weighted by Gasteiger charge is -2.47. The fourth-order valence-corrected chi connectivity index (χ4v) is 6.28. The Morgan fingerprint density at radius 3 is 2.26 bits per heavy atom. The van der Waals surface area contributed by atoms with Crippen LogP contribution in [0.25, 0.3) is 0 Å². The minimum Gasteiger partial charge on any atom is -0.493 e. The zero-order valence-electron chi connectivity index (χ0n) is 21.9. The molecule has 7 heteroatoms. The van der Waals surface area contributed by atoms with Crippen LogP contribution >= 0.6 is 0 Å². The van der Waals surface area contributed by atoms with Gasteiger partial charge in [-0.3, -0.25) is 14.5 Å². The number of hydrogen-bond donors (Lipinski definition) is 0. The SMILES string of the molecule is COc1cc2c(cc1OC)[C@H](C(=O)N1CCN(Cc3ccccc3)CC1)[C@H]1c3ccccc3CCN1C2=O. The summed E-state index contributed by atoms with van der Waals surface area (Å²) in [6.07, 6.45) is 0.778. The highest BCUT2D eigenvalue weighted by atomic mass is 16.5. The molecule has 2 atom stereocenters. The van der Waals surface area contributed by atoms with Gasteiger partial charge in [-0.05, 0) is 40.8 Å². The Morgan fingerprint density at radius 1 is 0.842 bits per heavy atom. The van der Waals surface area contributed by atoms with Crippen molar-refractivity contribution in [3.05, 3.63) is 94.5 Å². The summed E-state index contributed by atoms with van der Waals surface area (Å²) in [5.74, 6) is 0.525. The third-order valence-corrected chi connectivity index (χ3v) is 8.23. The van der Waals surface area contributed by atoms with E-state index in [2.05, 4.69) is 41.3 Å². The van der Waals surface area contributed by atoms with E-state index in [4.69, 9.17) is 9.47 Å². The number of amides is 2. The van der Waals surface area contributed by atoms with E-state index < -0.39 is 5.92 Å². The second-order valence-corrected chi connectivity index (χ2v) is 10.3. The molecule has 38 heavy (non-hydrogen) atoms.